The molecule has 0 unspecified atom stereocenters. The van der Waals surface area contributed by atoms with Crippen LogP contribution in [0.15, 0.2) is 29.3 Å². The van der Waals surface area contributed by atoms with Crippen LogP contribution in [0, 0.1) is 17.0 Å². The fourth-order valence-electron chi connectivity index (χ4n) is 2.73. The Morgan fingerprint density at radius 3 is 2.81 bits per heavy atom. The van der Waals surface area contributed by atoms with Crippen molar-refractivity contribution in [3.63, 3.8) is 0 Å². The van der Waals surface area contributed by atoms with Crippen LogP contribution in [0.5, 0.6) is 0 Å². The molecule has 27 heavy (non-hydrogen) atoms. The van der Waals surface area contributed by atoms with E-state index in [1.54, 1.807) is 30.7 Å². The van der Waals surface area contributed by atoms with Crippen LogP contribution in [0.2, 0.25) is 0 Å². The molecule has 3 rings (SSSR count). The number of non-ortho nitro benzene ring substituents is 1. The van der Waals surface area contributed by atoms with Gasteiger partial charge in [0.15, 0.2) is 4.80 Å². The standard InChI is InChI=1S/C17H19N5O4S/c1-4-26-8-7-21-13-10-12(22(24)25)5-6-15(13)27-17(21)18-16(23)14-9-11(2)19-20(14)3/h5-6,9-10H,4,7-8H2,1-3H3. The first kappa shape index (κ1) is 18.9. The van der Waals surface area contributed by atoms with Crippen molar-refractivity contribution in [3.05, 3.63) is 50.6 Å². The van der Waals surface area contributed by atoms with Crippen molar-refractivity contribution >= 4 is 33.1 Å². The van der Waals surface area contributed by atoms with E-state index in [1.807, 2.05) is 6.92 Å². The first-order valence-corrected chi connectivity index (χ1v) is 9.17. The number of aromatic nitrogens is 3. The van der Waals surface area contributed by atoms with Gasteiger partial charge >= 0.3 is 0 Å². The molecule has 2 aromatic heterocycles. The third kappa shape index (κ3) is 3.96. The van der Waals surface area contributed by atoms with Gasteiger partial charge in [-0.15, -0.1) is 0 Å². The molecule has 0 N–H and O–H groups in total. The fraction of sp³-hybridized carbons (Fsp3) is 0.353. The number of hydrogen-bond acceptors (Lipinski definition) is 6. The molecule has 0 aliphatic carbocycles. The van der Waals surface area contributed by atoms with Crippen molar-refractivity contribution in [1.29, 1.82) is 0 Å². The summed E-state index contributed by atoms with van der Waals surface area (Å²) in [7, 11) is 1.69. The summed E-state index contributed by atoms with van der Waals surface area (Å²) in [5, 5.41) is 15.3. The molecule has 2 heterocycles. The van der Waals surface area contributed by atoms with Gasteiger partial charge in [-0.1, -0.05) is 11.3 Å². The lowest BCUT2D eigenvalue weighted by Crippen LogP contribution is -2.20. The third-order valence-corrected chi connectivity index (χ3v) is 5.02. The highest BCUT2D eigenvalue weighted by molar-refractivity contribution is 7.16. The molecule has 0 saturated heterocycles. The van der Waals surface area contributed by atoms with E-state index >= 15 is 0 Å². The Labute approximate surface area is 158 Å². The van der Waals surface area contributed by atoms with Crippen LogP contribution in [0.4, 0.5) is 5.69 Å². The summed E-state index contributed by atoms with van der Waals surface area (Å²) in [5.41, 5.74) is 1.76. The summed E-state index contributed by atoms with van der Waals surface area (Å²) in [4.78, 5) is 28.0. The number of ether oxygens (including phenoxy) is 1. The molecule has 9 nitrogen and oxygen atoms in total. The first-order chi connectivity index (χ1) is 12.9. The number of rotatable bonds is 6. The quantitative estimate of drug-likeness (QED) is 0.366. The summed E-state index contributed by atoms with van der Waals surface area (Å²) >= 11 is 1.31. The van der Waals surface area contributed by atoms with E-state index in [9.17, 15) is 14.9 Å². The van der Waals surface area contributed by atoms with E-state index in [1.165, 1.54) is 28.2 Å². The summed E-state index contributed by atoms with van der Waals surface area (Å²) in [6.45, 7) is 5.10. The maximum atomic E-state index is 12.6. The number of amides is 1. The number of carbonyl (C=O) groups excluding carboxylic acids is 1. The minimum Gasteiger partial charge on any atom is -0.380 e. The maximum Gasteiger partial charge on any atom is 0.297 e. The predicted molar refractivity (Wildman–Crippen MR) is 101 cm³/mol. The Hall–Kier alpha value is -2.85. The second kappa shape index (κ2) is 7.80. The summed E-state index contributed by atoms with van der Waals surface area (Å²) in [6, 6.07) is 6.29. The Morgan fingerprint density at radius 1 is 1.41 bits per heavy atom. The third-order valence-electron chi connectivity index (χ3n) is 3.96. The first-order valence-electron chi connectivity index (χ1n) is 8.36. The van der Waals surface area contributed by atoms with Crippen molar-refractivity contribution in [2.45, 2.75) is 20.4 Å². The number of aryl methyl sites for hydroxylation is 2. The number of fused-ring (bicyclic) bond motifs is 1. The Kier molecular flexibility index (Phi) is 5.47. The van der Waals surface area contributed by atoms with Gasteiger partial charge in [-0.2, -0.15) is 10.1 Å². The largest absolute Gasteiger partial charge is 0.380 e. The molecule has 3 aromatic rings. The Balaban J connectivity index is 2.12. The molecular formula is C17H19N5O4S. The van der Waals surface area contributed by atoms with Gasteiger partial charge in [0, 0.05) is 32.3 Å². The number of nitro groups is 1. The normalized spacial score (nSPS) is 12.0. The molecule has 0 saturated carbocycles. The van der Waals surface area contributed by atoms with Crippen LogP contribution >= 0.6 is 11.3 Å². The smallest absolute Gasteiger partial charge is 0.297 e. The molecular weight excluding hydrogens is 370 g/mol. The lowest BCUT2D eigenvalue weighted by atomic mass is 10.3. The topological polar surface area (TPSA) is 105 Å². The molecule has 0 bridgehead atoms. The highest BCUT2D eigenvalue weighted by atomic mass is 32.1. The molecule has 0 aliphatic rings. The average molecular weight is 389 g/mol. The van der Waals surface area contributed by atoms with Gasteiger partial charge in [-0.3, -0.25) is 19.6 Å². The average Bonchev–Trinajstić information content (AvgIpc) is 3.14. The summed E-state index contributed by atoms with van der Waals surface area (Å²) < 4.78 is 9.49. The van der Waals surface area contributed by atoms with E-state index in [0.29, 0.717) is 35.8 Å². The second-order valence-corrected chi connectivity index (χ2v) is 6.86. The van der Waals surface area contributed by atoms with Crippen molar-refractivity contribution < 1.29 is 14.5 Å². The monoisotopic (exact) mass is 389 g/mol. The zero-order valence-electron chi connectivity index (χ0n) is 15.2. The highest BCUT2D eigenvalue weighted by Gasteiger charge is 2.15. The molecule has 1 aromatic carbocycles. The minimum absolute atomic E-state index is 0.00871. The molecule has 1 amide bonds. The van der Waals surface area contributed by atoms with Crippen LogP contribution in [-0.2, 0) is 18.3 Å². The number of carbonyl (C=O) groups is 1. The highest BCUT2D eigenvalue weighted by Crippen LogP contribution is 2.23. The van der Waals surface area contributed by atoms with E-state index < -0.39 is 10.8 Å². The van der Waals surface area contributed by atoms with Crippen LogP contribution in [0.25, 0.3) is 10.2 Å². The lowest BCUT2D eigenvalue weighted by Gasteiger charge is -2.05. The second-order valence-electron chi connectivity index (χ2n) is 5.85. The zero-order valence-corrected chi connectivity index (χ0v) is 16.0. The van der Waals surface area contributed by atoms with E-state index in [0.717, 1.165) is 10.4 Å². The van der Waals surface area contributed by atoms with Crippen LogP contribution in [0.1, 0.15) is 23.1 Å². The van der Waals surface area contributed by atoms with Gasteiger partial charge in [0.25, 0.3) is 11.6 Å². The van der Waals surface area contributed by atoms with E-state index in [-0.39, 0.29) is 5.69 Å². The number of benzene rings is 1. The Morgan fingerprint density at radius 2 is 2.19 bits per heavy atom. The molecule has 0 spiro atoms. The number of nitrogens with zero attached hydrogens (tertiary/aromatic N) is 5. The SMILES string of the molecule is CCOCCn1c(=NC(=O)c2cc(C)nn2C)sc2ccc([N+](=O)[O-])cc21. The van der Waals surface area contributed by atoms with Crippen LogP contribution in [0.3, 0.4) is 0 Å². The van der Waals surface area contributed by atoms with E-state index in [4.69, 9.17) is 4.74 Å². The maximum absolute atomic E-state index is 12.6. The number of nitro benzene ring substituents is 1. The van der Waals surface area contributed by atoms with Crippen LogP contribution < -0.4 is 4.80 Å². The predicted octanol–water partition coefficient (Wildman–Crippen LogP) is 2.43. The van der Waals surface area contributed by atoms with Gasteiger partial charge in [0.2, 0.25) is 0 Å². The Bertz CT molecular complexity index is 1080. The molecule has 0 atom stereocenters. The van der Waals surface area contributed by atoms with Crippen LogP contribution in [-0.4, -0.2) is 38.4 Å². The lowest BCUT2D eigenvalue weighted by molar-refractivity contribution is -0.384. The minimum atomic E-state index is -0.440. The molecule has 10 heteroatoms. The van der Waals surface area contributed by atoms with Gasteiger partial charge in [0.05, 0.1) is 27.4 Å². The summed E-state index contributed by atoms with van der Waals surface area (Å²) in [6.07, 6.45) is 0. The van der Waals surface area contributed by atoms with Crippen molar-refractivity contribution in [2.24, 2.45) is 12.0 Å². The van der Waals surface area contributed by atoms with Crippen molar-refractivity contribution in [3.8, 4) is 0 Å². The zero-order chi connectivity index (χ0) is 19.6. The fourth-order valence-corrected chi connectivity index (χ4v) is 3.76. The van der Waals surface area contributed by atoms with Gasteiger partial charge in [-0.05, 0) is 26.0 Å². The van der Waals surface area contributed by atoms with Gasteiger partial charge in [-0.25, -0.2) is 0 Å². The molecule has 0 aliphatic heterocycles. The van der Waals surface area contributed by atoms with Gasteiger partial charge < -0.3 is 9.30 Å². The van der Waals surface area contributed by atoms with E-state index in [2.05, 4.69) is 10.1 Å². The van der Waals surface area contributed by atoms with Gasteiger partial charge in [0.1, 0.15) is 5.69 Å². The summed E-state index contributed by atoms with van der Waals surface area (Å²) in [5.74, 6) is -0.413. The number of thiazole rings is 1. The molecule has 0 fully saturated rings. The number of hydrogen-bond donors (Lipinski definition) is 0. The molecule has 0 radical (unpaired) electrons. The van der Waals surface area contributed by atoms with Crippen molar-refractivity contribution in [1.82, 2.24) is 14.3 Å². The van der Waals surface area contributed by atoms with Crippen molar-refractivity contribution in [2.75, 3.05) is 13.2 Å². The molecule has 142 valence electrons.